The van der Waals surface area contributed by atoms with Crippen molar-refractivity contribution in [2.45, 2.75) is 0 Å². The van der Waals surface area contributed by atoms with Crippen molar-refractivity contribution in [2.75, 3.05) is 0 Å². The molecule has 0 atom stereocenters. The summed E-state index contributed by atoms with van der Waals surface area (Å²) >= 11 is 0. The van der Waals surface area contributed by atoms with E-state index in [1.807, 2.05) is 48.5 Å². The van der Waals surface area contributed by atoms with Gasteiger partial charge in [-0.25, -0.2) is 0 Å². The first kappa shape index (κ1) is 14.6. The molecular formula is C34H20O. The Kier molecular flexibility index (Phi) is 2.90. The Hall–Kier alpha value is -4.62. The van der Waals surface area contributed by atoms with Crippen molar-refractivity contribution in [2.24, 2.45) is 0 Å². The zero-order valence-corrected chi connectivity index (χ0v) is 18.6. The average molecular weight is 450 g/mol. The van der Waals surface area contributed by atoms with Crippen molar-refractivity contribution in [1.29, 1.82) is 0 Å². The van der Waals surface area contributed by atoms with Crippen molar-refractivity contribution in [3.8, 4) is 22.3 Å². The quantitative estimate of drug-likeness (QED) is 0.239. The molecule has 1 aromatic heterocycles. The molecule has 0 aliphatic heterocycles. The fourth-order valence-corrected chi connectivity index (χ4v) is 5.59. The smallest absolute Gasteiger partial charge is 0.136 e. The van der Waals surface area contributed by atoms with Crippen molar-refractivity contribution < 1.29 is 11.3 Å². The van der Waals surface area contributed by atoms with E-state index in [-0.39, 0.29) is 35.8 Å². The highest BCUT2D eigenvalue weighted by Crippen LogP contribution is 2.43. The van der Waals surface area contributed by atoms with Crippen molar-refractivity contribution >= 4 is 54.3 Å². The Labute approximate surface area is 209 Å². The van der Waals surface area contributed by atoms with Crippen LogP contribution in [0.15, 0.2) is 126 Å². The maximum Gasteiger partial charge on any atom is 0.136 e. The summed E-state index contributed by atoms with van der Waals surface area (Å²) in [7, 11) is 0. The molecule has 35 heavy (non-hydrogen) atoms. The lowest BCUT2D eigenvalue weighted by molar-refractivity contribution is 0.669. The van der Waals surface area contributed by atoms with E-state index in [9.17, 15) is 0 Å². The maximum atomic E-state index is 8.49. The second-order valence-corrected chi connectivity index (χ2v) is 8.96. The van der Waals surface area contributed by atoms with E-state index in [1.54, 1.807) is 0 Å². The summed E-state index contributed by atoms with van der Waals surface area (Å²) in [5.74, 6) is 0. The van der Waals surface area contributed by atoms with Gasteiger partial charge in [-0.3, -0.25) is 0 Å². The Morgan fingerprint density at radius 3 is 2.11 bits per heavy atom. The van der Waals surface area contributed by atoms with Gasteiger partial charge in [0.2, 0.25) is 0 Å². The lowest BCUT2D eigenvalue weighted by atomic mass is 9.87. The summed E-state index contributed by atoms with van der Waals surface area (Å²) in [5.41, 5.74) is 4.78. The van der Waals surface area contributed by atoms with E-state index in [2.05, 4.69) is 42.5 Å². The third kappa shape index (κ3) is 2.64. The molecule has 162 valence electrons. The second-order valence-electron chi connectivity index (χ2n) is 8.96. The number of fused-ring (bicyclic) bond motifs is 3. The summed E-state index contributed by atoms with van der Waals surface area (Å²) in [6, 6.07) is 29.4. The van der Waals surface area contributed by atoms with Crippen LogP contribution in [0.5, 0.6) is 0 Å². The molecule has 1 nitrogen and oxygen atoms in total. The number of hydrogen-bond donors (Lipinski definition) is 0. The number of para-hydroxylation sites is 1. The second kappa shape index (κ2) is 6.94. The largest absolute Gasteiger partial charge is 0.456 e. The molecule has 0 fully saturated rings. The molecule has 0 bridgehead atoms. The topological polar surface area (TPSA) is 13.1 Å². The standard InChI is InChI=1S/C34H20O/c1-2-7-21(8-3-1)25-19-23-14-13-22-15-17-26(28-18-16-24(20-25)32(23)33(22)28)27-10-6-12-31-34(27)29-9-4-5-11-30(29)35-31/h1-20H/i1D,2D,3D,7D,8D. The molecule has 7 aromatic carbocycles. The molecule has 0 unspecified atom stereocenters. The summed E-state index contributed by atoms with van der Waals surface area (Å²) in [4.78, 5) is 0. The number of furan rings is 1. The summed E-state index contributed by atoms with van der Waals surface area (Å²) < 4.78 is 47.4. The average Bonchev–Trinajstić information content (AvgIpc) is 3.37. The SMILES string of the molecule is [2H]c1c([2H])c([2H])c(-c2cc3ccc4ccc(-c5cccc6oc7ccccc7c56)c5ccc(c2)c3c45)c([2H])c1[2H]. The predicted molar refractivity (Wildman–Crippen MR) is 148 cm³/mol. The van der Waals surface area contributed by atoms with Crippen molar-refractivity contribution in [3.05, 3.63) is 121 Å². The monoisotopic (exact) mass is 449 g/mol. The molecule has 1 heteroatoms. The zero-order valence-electron chi connectivity index (χ0n) is 23.6. The fraction of sp³-hybridized carbons (Fsp3) is 0. The van der Waals surface area contributed by atoms with Gasteiger partial charge in [-0.2, -0.15) is 0 Å². The lowest BCUT2D eigenvalue weighted by Gasteiger charge is -2.16. The highest BCUT2D eigenvalue weighted by molar-refractivity contribution is 6.27. The molecular weight excluding hydrogens is 424 g/mol. The van der Waals surface area contributed by atoms with Gasteiger partial charge in [-0.05, 0) is 78.8 Å². The van der Waals surface area contributed by atoms with Gasteiger partial charge in [0, 0.05) is 10.8 Å². The molecule has 8 aromatic rings. The Balaban J connectivity index is 1.43. The molecule has 8 rings (SSSR count). The van der Waals surface area contributed by atoms with E-state index < -0.39 is 0 Å². The van der Waals surface area contributed by atoms with Gasteiger partial charge in [-0.1, -0.05) is 96.9 Å². The third-order valence-electron chi connectivity index (χ3n) is 7.08. The van der Waals surface area contributed by atoms with Gasteiger partial charge >= 0.3 is 0 Å². The molecule has 0 saturated heterocycles. The van der Waals surface area contributed by atoms with Gasteiger partial charge in [0.25, 0.3) is 0 Å². The van der Waals surface area contributed by atoms with Crippen LogP contribution in [0.1, 0.15) is 6.85 Å². The predicted octanol–water partition coefficient (Wildman–Crippen LogP) is 9.82. The third-order valence-corrected chi connectivity index (χ3v) is 7.08. The first-order chi connectivity index (χ1) is 19.4. The Morgan fingerprint density at radius 1 is 0.486 bits per heavy atom. The van der Waals surface area contributed by atoms with Crippen LogP contribution < -0.4 is 0 Å². The van der Waals surface area contributed by atoms with E-state index in [0.717, 1.165) is 65.4 Å². The summed E-state index contributed by atoms with van der Waals surface area (Å²) in [6.07, 6.45) is 0. The van der Waals surface area contributed by atoms with E-state index in [1.165, 1.54) is 0 Å². The molecule has 0 aliphatic rings. The minimum absolute atomic E-state index is 0.193. The first-order valence-electron chi connectivity index (χ1n) is 14.1. The molecule has 0 N–H and O–H groups in total. The molecule has 0 aliphatic carbocycles. The van der Waals surface area contributed by atoms with Crippen LogP contribution in [0.4, 0.5) is 0 Å². The molecule has 1 heterocycles. The van der Waals surface area contributed by atoms with Crippen LogP contribution in [0.25, 0.3) is 76.5 Å². The first-order valence-corrected chi connectivity index (χ1v) is 11.6. The van der Waals surface area contributed by atoms with Gasteiger partial charge in [-0.15, -0.1) is 0 Å². The van der Waals surface area contributed by atoms with Crippen molar-refractivity contribution in [1.82, 2.24) is 0 Å². The summed E-state index contributed by atoms with van der Waals surface area (Å²) in [5, 5.41) is 8.59. The van der Waals surface area contributed by atoms with Crippen LogP contribution in [0.2, 0.25) is 0 Å². The number of rotatable bonds is 2. The van der Waals surface area contributed by atoms with Gasteiger partial charge in [0.15, 0.2) is 0 Å². The van der Waals surface area contributed by atoms with E-state index in [0.29, 0.717) is 5.56 Å². The van der Waals surface area contributed by atoms with Crippen LogP contribution in [-0.2, 0) is 0 Å². The van der Waals surface area contributed by atoms with Crippen LogP contribution in [-0.4, -0.2) is 0 Å². The van der Waals surface area contributed by atoms with Crippen LogP contribution in [0.3, 0.4) is 0 Å². The molecule has 0 radical (unpaired) electrons. The van der Waals surface area contributed by atoms with Crippen LogP contribution in [0, 0.1) is 0 Å². The molecule has 0 amide bonds. The van der Waals surface area contributed by atoms with Gasteiger partial charge in [0.05, 0.1) is 6.85 Å². The Bertz CT molecular complexity index is 2290. The normalized spacial score (nSPS) is 14.0. The minimum atomic E-state index is -0.385. The lowest BCUT2D eigenvalue weighted by Crippen LogP contribution is -1.89. The van der Waals surface area contributed by atoms with Gasteiger partial charge in [0.1, 0.15) is 11.2 Å². The maximum absolute atomic E-state index is 8.49. The fourth-order valence-electron chi connectivity index (χ4n) is 5.59. The number of benzene rings is 7. The highest BCUT2D eigenvalue weighted by atomic mass is 16.3. The molecule has 0 spiro atoms. The highest BCUT2D eigenvalue weighted by Gasteiger charge is 2.17. The summed E-state index contributed by atoms with van der Waals surface area (Å²) in [6.45, 7) is 0. The molecule has 0 saturated carbocycles. The van der Waals surface area contributed by atoms with Crippen LogP contribution >= 0.6 is 0 Å². The van der Waals surface area contributed by atoms with E-state index >= 15 is 0 Å². The van der Waals surface area contributed by atoms with Crippen molar-refractivity contribution in [3.63, 3.8) is 0 Å². The number of hydrogen-bond acceptors (Lipinski definition) is 1. The minimum Gasteiger partial charge on any atom is -0.456 e. The Morgan fingerprint density at radius 2 is 1.23 bits per heavy atom. The van der Waals surface area contributed by atoms with E-state index in [4.69, 9.17) is 11.3 Å². The zero-order chi connectivity index (χ0) is 27.3. The van der Waals surface area contributed by atoms with Gasteiger partial charge < -0.3 is 4.42 Å².